The van der Waals surface area contributed by atoms with E-state index in [2.05, 4.69) is 24.3 Å². The molecule has 0 fully saturated rings. The van der Waals surface area contributed by atoms with E-state index in [9.17, 15) is 4.79 Å². The Bertz CT molecular complexity index is 616. The topological polar surface area (TPSA) is 17.1 Å². The Hall–Kier alpha value is -1.25. The van der Waals surface area contributed by atoms with Gasteiger partial charge in [-0.25, -0.2) is 0 Å². The molecule has 104 valence electrons. The summed E-state index contributed by atoms with van der Waals surface area (Å²) in [5.74, 6) is 0.891. The molecule has 0 saturated carbocycles. The van der Waals surface area contributed by atoms with Gasteiger partial charge in [0, 0.05) is 5.88 Å². The molecular formula is C17H17ClOS. The minimum atomic E-state index is -0.222. The van der Waals surface area contributed by atoms with Gasteiger partial charge in [-0.3, -0.25) is 4.79 Å². The minimum Gasteiger partial charge on any atom is -0.287 e. The van der Waals surface area contributed by atoms with E-state index >= 15 is 0 Å². The lowest BCUT2D eigenvalue weighted by atomic mass is 10.0. The van der Waals surface area contributed by atoms with Crippen LogP contribution in [-0.2, 0) is 4.79 Å². The molecule has 0 spiro atoms. The second-order valence-electron chi connectivity index (χ2n) is 4.44. The van der Waals surface area contributed by atoms with E-state index in [-0.39, 0.29) is 11.0 Å². The number of carbonyl (C=O) groups excluding carboxylic acids is 1. The van der Waals surface area contributed by atoms with Crippen LogP contribution in [0.3, 0.4) is 0 Å². The van der Waals surface area contributed by atoms with Crippen molar-refractivity contribution in [3.63, 3.8) is 0 Å². The first-order valence-electron chi connectivity index (χ1n) is 6.64. The number of halogens is 1. The van der Waals surface area contributed by atoms with Crippen molar-refractivity contribution in [2.45, 2.75) is 6.92 Å². The highest BCUT2D eigenvalue weighted by Crippen LogP contribution is 2.21. The summed E-state index contributed by atoms with van der Waals surface area (Å²) in [7, 11) is 0. The number of hydrogen-bond acceptors (Lipinski definition) is 2. The highest BCUT2D eigenvalue weighted by molar-refractivity contribution is 8.13. The zero-order chi connectivity index (χ0) is 14.4. The molecule has 0 aromatic heterocycles. The smallest absolute Gasteiger partial charge is 0.196 e. The Morgan fingerprint density at radius 3 is 2.75 bits per heavy atom. The average Bonchev–Trinajstić information content (AvgIpc) is 2.48. The van der Waals surface area contributed by atoms with Crippen LogP contribution >= 0.6 is 23.4 Å². The van der Waals surface area contributed by atoms with E-state index < -0.39 is 0 Å². The number of fused-ring (bicyclic) bond motifs is 1. The van der Waals surface area contributed by atoms with E-state index in [0.717, 1.165) is 11.3 Å². The first-order chi connectivity index (χ1) is 9.76. The quantitative estimate of drug-likeness (QED) is 0.724. The molecule has 0 N–H and O–H groups in total. The van der Waals surface area contributed by atoms with Crippen molar-refractivity contribution in [3.05, 3.63) is 54.1 Å². The third kappa shape index (κ3) is 3.65. The minimum absolute atomic E-state index is 0.138. The zero-order valence-corrected chi connectivity index (χ0v) is 13.0. The molecule has 0 saturated heterocycles. The van der Waals surface area contributed by atoms with Crippen molar-refractivity contribution >= 4 is 45.3 Å². The van der Waals surface area contributed by atoms with Crippen LogP contribution in [0.25, 0.3) is 16.8 Å². The van der Waals surface area contributed by atoms with Crippen LogP contribution < -0.4 is 0 Å². The highest BCUT2D eigenvalue weighted by Gasteiger charge is 2.13. The molecule has 2 rings (SSSR count). The van der Waals surface area contributed by atoms with Crippen molar-refractivity contribution in [1.29, 1.82) is 0 Å². The third-order valence-electron chi connectivity index (χ3n) is 3.09. The summed E-state index contributed by atoms with van der Waals surface area (Å²) >= 11 is 7.23. The Morgan fingerprint density at radius 1 is 1.25 bits per heavy atom. The maximum atomic E-state index is 11.9. The number of alkyl halides is 1. The lowest BCUT2D eigenvalue weighted by Gasteiger charge is -2.07. The number of benzene rings is 2. The van der Waals surface area contributed by atoms with Crippen LogP contribution in [0.5, 0.6) is 0 Å². The monoisotopic (exact) mass is 304 g/mol. The summed E-state index contributed by atoms with van der Waals surface area (Å²) in [6.07, 6.45) is 3.92. The molecule has 3 heteroatoms. The van der Waals surface area contributed by atoms with Crippen molar-refractivity contribution in [2.75, 3.05) is 11.6 Å². The van der Waals surface area contributed by atoms with Crippen LogP contribution in [0, 0.1) is 5.92 Å². The normalized spacial score (nSPS) is 12.9. The molecule has 0 heterocycles. The predicted octanol–water partition coefficient (Wildman–Crippen LogP) is 4.99. The number of hydrogen-bond donors (Lipinski definition) is 0. The van der Waals surface area contributed by atoms with Crippen LogP contribution in [0.4, 0.5) is 0 Å². The molecule has 1 nitrogen and oxygen atoms in total. The van der Waals surface area contributed by atoms with Gasteiger partial charge in [-0.15, -0.1) is 11.6 Å². The summed E-state index contributed by atoms with van der Waals surface area (Å²) in [5.41, 5.74) is 1.12. The van der Waals surface area contributed by atoms with Gasteiger partial charge in [0.1, 0.15) is 0 Å². The summed E-state index contributed by atoms with van der Waals surface area (Å²) < 4.78 is 0. The van der Waals surface area contributed by atoms with Gasteiger partial charge in [-0.05, 0) is 22.1 Å². The van der Waals surface area contributed by atoms with E-state index in [1.165, 1.54) is 22.5 Å². The molecule has 0 radical (unpaired) electrons. The van der Waals surface area contributed by atoms with Gasteiger partial charge in [0.05, 0.1) is 5.92 Å². The maximum Gasteiger partial charge on any atom is 0.196 e. The van der Waals surface area contributed by atoms with Gasteiger partial charge in [0.15, 0.2) is 5.12 Å². The fourth-order valence-electron chi connectivity index (χ4n) is 2.06. The molecule has 0 unspecified atom stereocenters. The van der Waals surface area contributed by atoms with Gasteiger partial charge in [-0.1, -0.05) is 73.3 Å². The first-order valence-corrected chi connectivity index (χ1v) is 8.17. The van der Waals surface area contributed by atoms with Crippen LogP contribution in [0.15, 0.2) is 48.5 Å². The van der Waals surface area contributed by atoms with E-state index in [1.807, 2.05) is 37.3 Å². The molecule has 0 aliphatic heterocycles. The maximum absolute atomic E-state index is 11.9. The largest absolute Gasteiger partial charge is 0.287 e. The highest BCUT2D eigenvalue weighted by atomic mass is 35.5. The van der Waals surface area contributed by atoms with E-state index in [0.29, 0.717) is 5.88 Å². The Labute approximate surface area is 129 Å². The fraction of sp³-hybridized carbons (Fsp3) is 0.235. The number of carbonyl (C=O) groups is 1. The summed E-state index contributed by atoms with van der Waals surface area (Å²) in [5, 5.41) is 2.53. The lowest BCUT2D eigenvalue weighted by molar-refractivity contribution is -0.112. The van der Waals surface area contributed by atoms with Gasteiger partial charge in [0.2, 0.25) is 0 Å². The van der Waals surface area contributed by atoms with Crippen molar-refractivity contribution in [1.82, 2.24) is 0 Å². The Morgan fingerprint density at radius 2 is 2.00 bits per heavy atom. The molecule has 0 amide bonds. The summed E-state index contributed by atoms with van der Waals surface area (Å²) in [6, 6.07) is 14.4. The SMILES string of the molecule is CCSC(=O)[C@@H](/C=C\c1cccc2ccccc12)CCl. The molecular weight excluding hydrogens is 288 g/mol. The molecule has 1 atom stereocenters. The molecule has 0 aliphatic carbocycles. The summed E-state index contributed by atoms with van der Waals surface area (Å²) in [4.78, 5) is 11.9. The summed E-state index contributed by atoms with van der Waals surface area (Å²) in [6.45, 7) is 1.97. The van der Waals surface area contributed by atoms with Crippen LogP contribution in [0.1, 0.15) is 12.5 Å². The van der Waals surface area contributed by atoms with Crippen LogP contribution in [-0.4, -0.2) is 16.7 Å². The van der Waals surface area contributed by atoms with Crippen molar-refractivity contribution in [3.8, 4) is 0 Å². The first kappa shape index (κ1) is 15.1. The number of rotatable bonds is 5. The Kier molecular flexibility index (Phi) is 5.69. The Balaban J connectivity index is 2.26. The zero-order valence-electron chi connectivity index (χ0n) is 11.4. The van der Waals surface area contributed by atoms with Gasteiger partial charge in [0.25, 0.3) is 0 Å². The number of thioether (sulfide) groups is 1. The second-order valence-corrected chi connectivity index (χ2v) is 6.02. The molecule has 20 heavy (non-hydrogen) atoms. The predicted molar refractivity (Wildman–Crippen MR) is 90.3 cm³/mol. The second kappa shape index (κ2) is 7.51. The van der Waals surface area contributed by atoms with Gasteiger partial charge >= 0.3 is 0 Å². The fourth-order valence-corrected chi connectivity index (χ4v) is 3.05. The molecule has 0 bridgehead atoms. The van der Waals surface area contributed by atoms with Crippen molar-refractivity contribution in [2.24, 2.45) is 5.92 Å². The van der Waals surface area contributed by atoms with Crippen molar-refractivity contribution < 1.29 is 4.79 Å². The molecule has 2 aromatic carbocycles. The number of allylic oxidation sites excluding steroid dienone is 1. The van der Waals surface area contributed by atoms with E-state index in [1.54, 1.807) is 0 Å². The third-order valence-corrected chi connectivity index (χ3v) is 4.30. The van der Waals surface area contributed by atoms with Gasteiger partial charge in [-0.2, -0.15) is 0 Å². The van der Waals surface area contributed by atoms with Gasteiger partial charge < -0.3 is 0 Å². The molecule has 0 aliphatic rings. The standard InChI is InChI=1S/C17H17ClOS/c1-2-20-17(19)15(12-18)11-10-14-8-5-7-13-6-3-4-9-16(13)14/h3-11,15H,2,12H2,1H3/b11-10-/t15-/m0/s1. The van der Waals surface area contributed by atoms with E-state index in [4.69, 9.17) is 11.6 Å². The lowest BCUT2D eigenvalue weighted by Crippen LogP contribution is -2.09. The molecule has 2 aromatic rings. The average molecular weight is 305 g/mol. The van der Waals surface area contributed by atoms with Crippen LogP contribution in [0.2, 0.25) is 0 Å².